The maximum Gasteiger partial charge on any atom is 0.340 e. The summed E-state index contributed by atoms with van der Waals surface area (Å²) in [5, 5.41) is 8.87. The number of hydrogen-bond acceptors (Lipinski definition) is 3. The van der Waals surface area contributed by atoms with Crippen LogP contribution in [0.1, 0.15) is 15.9 Å². The summed E-state index contributed by atoms with van der Waals surface area (Å²) in [5.41, 5.74) is 0.979. The molecule has 4 nitrogen and oxygen atoms in total. The van der Waals surface area contributed by atoms with Gasteiger partial charge in [0.15, 0.2) is 0 Å². The molecule has 1 aromatic carbocycles. The molecule has 0 spiro atoms. The molecular formula is C12H10O4S. The van der Waals surface area contributed by atoms with Crippen molar-refractivity contribution < 1.29 is 18.5 Å². The molecule has 1 N–H and O–H groups in total. The Morgan fingerprint density at radius 1 is 1.24 bits per heavy atom. The average Bonchev–Trinajstić information content (AvgIpc) is 2.78. The van der Waals surface area contributed by atoms with Gasteiger partial charge in [-0.25, -0.2) is 9.00 Å². The molecule has 0 aliphatic carbocycles. The third-order valence-electron chi connectivity index (χ3n) is 2.26. The van der Waals surface area contributed by atoms with Crippen molar-refractivity contribution in [1.82, 2.24) is 0 Å². The van der Waals surface area contributed by atoms with Gasteiger partial charge in [-0.1, -0.05) is 17.7 Å². The lowest BCUT2D eigenvalue weighted by atomic mass is 10.2. The van der Waals surface area contributed by atoms with E-state index in [0.717, 1.165) is 5.56 Å². The highest BCUT2D eigenvalue weighted by Gasteiger charge is 2.20. The van der Waals surface area contributed by atoms with E-state index < -0.39 is 16.8 Å². The molecule has 2 rings (SSSR count). The lowest BCUT2D eigenvalue weighted by molar-refractivity contribution is 0.0690. The first-order valence-corrected chi connectivity index (χ1v) is 6.04. The predicted molar refractivity (Wildman–Crippen MR) is 61.5 cm³/mol. The van der Waals surface area contributed by atoms with Gasteiger partial charge < -0.3 is 9.52 Å². The number of benzene rings is 1. The van der Waals surface area contributed by atoms with Crippen molar-refractivity contribution in [3.05, 3.63) is 47.7 Å². The Kier molecular flexibility index (Phi) is 3.10. The van der Waals surface area contributed by atoms with E-state index in [2.05, 4.69) is 0 Å². The van der Waals surface area contributed by atoms with Crippen molar-refractivity contribution in [2.24, 2.45) is 0 Å². The molecule has 1 unspecified atom stereocenters. The fraction of sp³-hybridized carbons (Fsp3) is 0.0833. The SMILES string of the molecule is Cc1ccc(S(=O)c2occc2C(=O)O)cc1. The smallest absolute Gasteiger partial charge is 0.340 e. The van der Waals surface area contributed by atoms with Crippen molar-refractivity contribution in [3.8, 4) is 0 Å². The fourth-order valence-electron chi connectivity index (χ4n) is 1.37. The monoisotopic (exact) mass is 250 g/mol. The van der Waals surface area contributed by atoms with Gasteiger partial charge in [0, 0.05) is 4.90 Å². The third kappa shape index (κ3) is 2.29. The van der Waals surface area contributed by atoms with Crippen molar-refractivity contribution in [1.29, 1.82) is 0 Å². The quantitative estimate of drug-likeness (QED) is 0.908. The van der Waals surface area contributed by atoms with Gasteiger partial charge >= 0.3 is 5.97 Å². The molecule has 5 heteroatoms. The van der Waals surface area contributed by atoms with Crippen LogP contribution in [-0.4, -0.2) is 15.3 Å². The number of carboxylic acid groups (broad SMARTS) is 1. The molecule has 1 atom stereocenters. The number of aromatic carboxylic acids is 1. The number of furan rings is 1. The summed E-state index contributed by atoms with van der Waals surface area (Å²) >= 11 is 0. The second kappa shape index (κ2) is 4.55. The Morgan fingerprint density at radius 3 is 2.47 bits per heavy atom. The van der Waals surface area contributed by atoms with E-state index in [1.165, 1.54) is 12.3 Å². The van der Waals surface area contributed by atoms with Crippen molar-refractivity contribution >= 4 is 16.8 Å². The van der Waals surface area contributed by atoms with E-state index in [-0.39, 0.29) is 10.7 Å². The minimum Gasteiger partial charge on any atom is -0.478 e. The predicted octanol–water partition coefficient (Wildman–Crippen LogP) is 2.45. The van der Waals surface area contributed by atoms with Crippen LogP contribution in [0.15, 0.2) is 51.0 Å². The molecule has 0 aliphatic rings. The maximum atomic E-state index is 12.1. The highest BCUT2D eigenvalue weighted by Crippen LogP contribution is 2.21. The summed E-state index contributed by atoms with van der Waals surface area (Å²) in [6.45, 7) is 1.92. The van der Waals surface area contributed by atoms with Gasteiger partial charge in [0.1, 0.15) is 16.4 Å². The van der Waals surface area contributed by atoms with Crippen LogP contribution in [0, 0.1) is 6.92 Å². The van der Waals surface area contributed by atoms with E-state index in [0.29, 0.717) is 4.90 Å². The number of carbonyl (C=O) groups is 1. The second-order valence-corrected chi connectivity index (χ2v) is 4.89. The zero-order valence-corrected chi connectivity index (χ0v) is 9.86. The molecule has 17 heavy (non-hydrogen) atoms. The fourth-order valence-corrected chi connectivity index (χ4v) is 2.46. The standard InChI is InChI=1S/C12H10O4S/c1-8-2-4-9(5-3-8)17(15)12-10(11(13)14)6-7-16-12/h2-7H,1H3,(H,13,14). The zero-order valence-electron chi connectivity index (χ0n) is 9.04. The van der Waals surface area contributed by atoms with Gasteiger partial charge in [-0.2, -0.15) is 0 Å². The molecule has 1 heterocycles. The van der Waals surface area contributed by atoms with Crippen LogP contribution in [0.2, 0.25) is 0 Å². The van der Waals surface area contributed by atoms with E-state index in [1.807, 2.05) is 19.1 Å². The van der Waals surface area contributed by atoms with E-state index in [9.17, 15) is 9.00 Å². The topological polar surface area (TPSA) is 67.5 Å². The summed E-state index contributed by atoms with van der Waals surface area (Å²) in [5.74, 6) is -1.14. The van der Waals surface area contributed by atoms with Crippen LogP contribution >= 0.6 is 0 Å². The molecule has 0 amide bonds. The summed E-state index contributed by atoms with van der Waals surface area (Å²) in [6.07, 6.45) is 1.23. The Bertz CT molecular complexity index is 568. The Morgan fingerprint density at radius 2 is 1.88 bits per heavy atom. The van der Waals surface area contributed by atoms with Gasteiger partial charge in [-0.3, -0.25) is 0 Å². The summed E-state index contributed by atoms with van der Waals surface area (Å²) in [7, 11) is -1.60. The number of hydrogen-bond donors (Lipinski definition) is 1. The molecule has 0 fully saturated rings. The molecule has 0 saturated carbocycles. The molecular weight excluding hydrogens is 240 g/mol. The second-order valence-electron chi connectivity index (χ2n) is 3.51. The first-order valence-electron chi connectivity index (χ1n) is 4.89. The van der Waals surface area contributed by atoms with E-state index in [4.69, 9.17) is 9.52 Å². The van der Waals surface area contributed by atoms with Crippen molar-refractivity contribution in [2.45, 2.75) is 16.9 Å². The van der Waals surface area contributed by atoms with Crippen molar-refractivity contribution in [3.63, 3.8) is 0 Å². The van der Waals surface area contributed by atoms with Crippen LogP contribution in [0.3, 0.4) is 0 Å². The molecule has 0 saturated heterocycles. The number of rotatable bonds is 3. The number of carboxylic acids is 1. The normalized spacial score (nSPS) is 12.3. The molecule has 0 aliphatic heterocycles. The lowest BCUT2D eigenvalue weighted by Gasteiger charge is -2.00. The molecule has 0 bridgehead atoms. The lowest BCUT2D eigenvalue weighted by Crippen LogP contribution is -2.01. The van der Waals surface area contributed by atoms with Crippen LogP contribution in [0.4, 0.5) is 0 Å². The van der Waals surface area contributed by atoms with Gasteiger partial charge in [0.05, 0.1) is 6.26 Å². The summed E-state index contributed by atoms with van der Waals surface area (Å²) in [6, 6.07) is 8.32. The minimum atomic E-state index is -1.60. The highest BCUT2D eigenvalue weighted by molar-refractivity contribution is 7.85. The van der Waals surface area contributed by atoms with Crippen molar-refractivity contribution in [2.75, 3.05) is 0 Å². The first-order chi connectivity index (χ1) is 8.09. The van der Waals surface area contributed by atoms with Gasteiger partial charge in [0.2, 0.25) is 5.09 Å². The number of aryl methyl sites for hydroxylation is 1. The van der Waals surface area contributed by atoms with Gasteiger partial charge in [-0.15, -0.1) is 0 Å². The summed E-state index contributed by atoms with van der Waals surface area (Å²) < 4.78 is 17.1. The van der Waals surface area contributed by atoms with Crippen LogP contribution < -0.4 is 0 Å². The Hall–Kier alpha value is -1.88. The van der Waals surface area contributed by atoms with Gasteiger partial charge in [0.25, 0.3) is 0 Å². The Balaban J connectivity index is 2.40. The largest absolute Gasteiger partial charge is 0.478 e. The van der Waals surface area contributed by atoms with Gasteiger partial charge in [-0.05, 0) is 25.1 Å². The summed E-state index contributed by atoms with van der Waals surface area (Å²) in [4.78, 5) is 11.4. The third-order valence-corrected chi connectivity index (χ3v) is 3.62. The maximum absolute atomic E-state index is 12.1. The van der Waals surface area contributed by atoms with Crippen LogP contribution in [0.5, 0.6) is 0 Å². The van der Waals surface area contributed by atoms with E-state index in [1.54, 1.807) is 12.1 Å². The molecule has 2 aromatic rings. The zero-order chi connectivity index (χ0) is 12.4. The Labute approximate surface area is 100 Å². The molecule has 1 aromatic heterocycles. The average molecular weight is 250 g/mol. The van der Waals surface area contributed by atoms with Crippen LogP contribution in [-0.2, 0) is 10.8 Å². The molecule has 88 valence electrons. The highest BCUT2D eigenvalue weighted by atomic mass is 32.2. The molecule has 0 radical (unpaired) electrons. The van der Waals surface area contributed by atoms with E-state index >= 15 is 0 Å². The minimum absolute atomic E-state index is 0.0265. The van der Waals surface area contributed by atoms with Crippen LogP contribution in [0.25, 0.3) is 0 Å². The first kappa shape index (κ1) is 11.6.